The molecule has 0 aliphatic carbocycles. The number of nitrogens with zero attached hydrogens (tertiary/aromatic N) is 1. The van der Waals surface area contributed by atoms with Crippen LogP contribution in [0, 0.1) is 6.92 Å². The van der Waals surface area contributed by atoms with Crippen molar-refractivity contribution in [1.82, 2.24) is 9.55 Å². The summed E-state index contributed by atoms with van der Waals surface area (Å²) in [4.78, 5) is 38.9. The molecule has 0 saturated carbocycles. The van der Waals surface area contributed by atoms with Gasteiger partial charge in [0.05, 0.1) is 16.6 Å². The number of aromatic carboxylic acids is 1. The quantitative estimate of drug-likeness (QED) is 0.754. The summed E-state index contributed by atoms with van der Waals surface area (Å²) in [5.41, 5.74) is -0.638. The highest BCUT2D eigenvalue weighted by molar-refractivity contribution is 7.15. The zero-order valence-electron chi connectivity index (χ0n) is 10.9. The average Bonchev–Trinajstić information content (AvgIpc) is 2.77. The lowest BCUT2D eigenvalue weighted by molar-refractivity contribution is 0.0704. The van der Waals surface area contributed by atoms with Gasteiger partial charge in [-0.15, -0.1) is 11.3 Å². The van der Waals surface area contributed by atoms with Gasteiger partial charge >= 0.3 is 11.7 Å². The lowest BCUT2D eigenvalue weighted by Crippen LogP contribution is -2.33. The Bertz CT molecular complexity index is 966. The SMILES string of the molecule is Cc1sc(C(=O)O)c2[nH]c(=O)n(-c3ccccc3)c(=O)c12. The average molecular weight is 302 g/mol. The Morgan fingerprint density at radius 2 is 1.90 bits per heavy atom. The fourth-order valence-corrected chi connectivity index (χ4v) is 3.19. The molecule has 1 aromatic carbocycles. The Kier molecular flexibility index (Phi) is 2.99. The highest BCUT2D eigenvalue weighted by Crippen LogP contribution is 2.26. The molecular weight excluding hydrogens is 292 g/mol. The third-order valence-corrected chi connectivity index (χ3v) is 4.24. The van der Waals surface area contributed by atoms with Gasteiger partial charge in [0, 0.05) is 4.88 Å². The van der Waals surface area contributed by atoms with Crippen LogP contribution in [0.1, 0.15) is 14.5 Å². The second-order valence-corrected chi connectivity index (χ2v) is 5.67. The third-order valence-electron chi connectivity index (χ3n) is 3.14. The van der Waals surface area contributed by atoms with Crippen molar-refractivity contribution in [2.45, 2.75) is 6.92 Å². The number of aromatic nitrogens is 2. The lowest BCUT2D eigenvalue weighted by atomic mass is 10.2. The Labute approximate surface area is 121 Å². The molecule has 0 radical (unpaired) electrons. The second-order valence-electron chi connectivity index (χ2n) is 4.45. The van der Waals surface area contributed by atoms with Gasteiger partial charge in [-0.3, -0.25) is 4.79 Å². The number of fused-ring (bicyclic) bond motifs is 1. The predicted molar refractivity (Wildman–Crippen MR) is 79.7 cm³/mol. The normalized spacial score (nSPS) is 10.9. The number of carboxylic acid groups (broad SMARTS) is 1. The summed E-state index contributed by atoms with van der Waals surface area (Å²) in [5, 5.41) is 9.38. The first-order chi connectivity index (χ1) is 10.0. The molecule has 2 heterocycles. The smallest absolute Gasteiger partial charge is 0.348 e. The number of nitrogens with one attached hydrogen (secondary N) is 1. The Morgan fingerprint density at radius 3 is 2.52 bits per heavy atom. The molecule has 3 rings (SSSR count). The standard InChI is InChI=1S/C14H10N2O4S/c1-7-9-10(11(21-7)13(18)19)15-14(20)16(12(9)17)8-5-3-2-4-6-8/h2-6H,1H3,(H,15,20)(H,18,19). The number of aryl methyl sites for hydroxylation is 1. The number of carbonyl (C=O) groups is 1. The summed E-state index contributed by atoms with van der Waals surface area (Å²) < 4.78 is 1.01. The fraction of sp³-hybridized carbons (Fsp3) is 0.0714. The van der Waals surface area contributed by atoms with Gasteiger partial charge in [0.1, 0.15) is 4.88 Å². The van der Waals surface area contributed by atoms with E-state index in [1.165, 1.54) is 0 Å². The molecule has 0 aliphatic rings. The van der Waals surface area contributed by atoms with Crippen molar-refractivity contribution < 1.29 is 9.90 Å². The molecule has 0 unspecified atom stereocenters. The van der Waals surface area contributed by atoms with Crippen molar-refractivity contribution in [3.8, 4) is 5.69 Å². The van der Waals surface area contributed by atoms with Crippen molar-refractivity contribution in [3.05, 3.63) is 60.9 Å². The number of carboxylic acids is 1. The molecule has 3 aromatic rings. The van der Waals surface area contributed by atoms with Gasteiger partial charge in [-0.05, 0) is 19.1 Å². The van der Waals surface area contributed by atoms with Crippen LogP contribution in [-0.2, 0) is 0 Å². The molecule has 0 spiro atoms. The molecule has 0 atom stereocenters. The van der Waals surface area contributed by atoms with Gasteiger partial charge in [0.25, 0.3) is 5.56 Å². The Balaban J connectivity index is 2.47. The molecule has 0 aliphatic heterocycles. The number of aromatic amines is 1. The van der Waals surface area contributed by atoms with Crippen LogP contribution in [0.3, 0.4) is 0 Å². The van der Waals surface area contributed by atoms with E-state index in [0.717, 1.165) is 15.9 Å². The first-order valence-electron chi connectivity index (χ1n) is 6.08. The van der Waals surface area contributed by atoms with E-state index in [2.05, 4.69) is 4.98 Å². The van der Waals surface area contributed by atoms with E-state index < -0.39 is 17.2 Å². The third kappa shape index (κ3) is 1.98. The van der Waals surface area contributed by atoms with Gasteiger partial charge in [-0.2, -0.15) is 0 Å². The highest BCUT2D eigenvalue weighted by Gasteiger charge is 2.20. The minimum absolute atomic E-state index is 0.0306. The number of hydrogen-bond acceptors (Lipinski definition) is 4. The lowest BCUT2D eigenvalue weighted by Gasteiger charge is -2.04. The molecule has 6 nitrogen and oxygen atoms in total. The van der Waals surface area contributed by atoms with Crippen molar-refractivity contribution in [2.24, 2.45) is 0 Å². The fourth-order valence-electron chi connectivity index (χ4n) is 2.25. The van der Waals surface area contributed by atoms with Crippen LogP contribution in [0.15, 0.2) is 39.9 Å². The molecule has 7 heteroatoms. The Morgan fingerprint density at radius 1 is 1.24 bits per heavy atom. The van der Waals surface area contributed by atoms with Gasteiger partial charge in [0.2, 0.25) is 0 Å². The van der Waals surface area contributed by atoms with E-state index in [4.69, 9.17) is 5.11 Å². The number of H-pyrrole nitrogens is 1. The van der Waals surface area contributed by atoms with E-state index in [1.807, 2.05) is 0 Å². The maximum absolute atomic E-state index is 12.6. The summed E-state index contributed by atoms with van der Waals surface area (Å²) in [6.45, 7) is 1.66. The summed E-state index contributed by atoms with van der Waals surface area (Å²) in [6.07, 6.45) is 0. The first-order valence-corrected chi connectivity index (χ1v) is 6.89. The summed E-state index contributed by atoms with van der Waals surface area (Å²) in [7, 11) is 0. The van der Waals surface area contributed by atoms with E-state index >= 15 is 0 Å². The van der Waals surface area contributed by atoms with Crippen LogP contribution in [0.5, 0.6) is 0 Å². The number of para-hydroxylation sites is 1. The minimum atomic E-state index is -1.16. The largest absolute Gasteiger partial charge is 0.477 e. The first kappa shape index (κ1) is 13.3. The van der Waals surface area contributed by atoms with E-state index in [1.54, 1.807) is 37.3 Å². The summed E-state index contributed by atoms with van der Waals surface area (Å²) >= 11 is 0.979. The van der Waals surface area contributed by atoms with Gasteiger partial charge in [0.15, 0.2) is 0 Å². The highest BCUT2D eigenvalue weighted by atomic mass is 32.1. The summed E-state index contributed by atoms with van der Waals surface area (Å²) in [5.74, 6) is -1.16. The summed E-state index contributed by atoms with van der Waals surface area (Å²) in [6, 6.07) is 8.49. The van der Waals surface area contributed by atoms with Gasteiger partial charge < -0.3 is 10.1 Å². The minimum Gasteiger partial charge on any atom is -0.477 e. The molecular formula is C14H10N2O4S. The molecule has 0 saturated heterocycles. The number of hydrogen-bond donors (Lipinski definition) is 2. The number of benzene rings is 1. The number of thiophene rings is 1. The van der Waals surface area contributed by atoms with E-state index in [0.29, 0.717) is 10.6 Å². The van der Waals surface area contributed by atoms with E-state index in [-0.39, 0.29) is 15.8 Å². The monoisotopic (exact) mass is 302 g/mol. The molecule has 0 fully saturated rings. The van der Waals surface area contributed by atoms with Crippen LogP contribution >= 0.6 is 11.3 Å². The van der Waals surface area contributed by atoms with Gasteiger partial charge in [-0.1, -0.05) is 18.2 Å². The number of rotatable bonds is 2. The zero-order chi connectivity index (χ0) is 15.1. The predicted octanol–water partition coefficient (Wildman–Crippen LogP) is 1.75. The Hall–Kier alpha value is -2.67. The van der Waals surface area contributed by atoms with Crippen LogP contribution in [0.4, 0.5) is 0 Å². The van der Waals surface area contributed by atoms with E-state index in [9.17, 15) is 14.4 Å². The topological polar surface area (TPSA) is 92.2 Å². The van der Waals surface area contributed by atoms with Crippen LogP contribution in [-0.4, -0.2) is 20.6 Å². The molecule has 0 amide bonds. The van der Waals surface area contributed by atoms with Crippen LogP contribution in [0.25, 0.3) is 16.6 Å². The van der Waals surface area contributed by atoms with Gasteiger partial charge in [-0.25, -0.2) is 14.2 Å². The molecule has 2 N–H and O–H groups in total. The molecule has 21 heavy (non-hydrogen) atoms. The van der Waals surface area contributed by atoms with Crippen molar-refractivity contribution in [2.75, 3.05) is 0 Å². The van der Waals surface area contributed by atoms with Crippen LogP contribution in [0.2, 0.25) is 0 Å². The second kappa shape index (κ2) is 4.71. The maximum Gasteiger partial charge on any atom is 0.348 e. The van der Waals surface area contributed by atoms with Crippen molar-refractivity contribution in [1.29, 1.82) is 0 Å². The van der Waals surface area contributed by atoms with Crippen molar-refractivity contribution >= 4 is 28.2 Å². The molecule has 2 aromatic heterocycles. The van der Waals surface area contributed by atoms with Crippen molar-refractivity contribution in [3.63, 3.8) is 0 Å². The molecule has 0 bridgehead atoms. The zero-order valence-corrected chi connectivity index (χ0v) is 11.7. The molecule has 106 valence electrons. The maximum atomic E-state index is 12.6. The van der Waals surface area contributed by atoms with Crippen LogP contribution < -0.4 is 11.2 Å².